The molecule has 0 bridgehead atoms. The zero-order chi connectivity index (χ0) is 17.0. The van der Waals surface area contributed by atoms with Gasteiger partial charge in [-0.25, -0.2) is 9.97 Å². The molecule has 0 fully saturated rings. The van der Waals surface area contributed by atoms with E-state index in [9.17, 15) is 9.59 Å². The Morgan fingerprint density at radius 3 is 2.57 bits per heavy atom. The molecular formula is C17H16N4O2. The lowest BCUT2D eigenvalue weighted by Crippen LogP contribution is -2.17. The van der Waals surface area contributed by atoms with E-state index >= 15 is 0 Å². The molecule has 0 saturated heterocycles. The SMILES string of the molecule is C#Cc1nc(NC(=O)c2cccc(C(C)=O)c2)ncc1N(C)C. The smallest absolute Gasteiger partial charge is 0.258 e. The van der Waals surface area contributed by atoms with Gasteiger partial charge in [0.25, 0.3) is 5.91 Å². The molecule has 0 aliphatic heterocycles. The van der Waals surface area contributed by atoms with Crippen molar-refractivity contribution in [2.24, 2.45) is 0 Å². The second kappa shape index (κ2) is 6.71. The third kappa shape index (κ3) is 3.71. The van der Waals surface area contributed by atoms with Crippen LogP contribution < -0.4 is 10.2 Å². The summed E-state index contributed by atoms with van der Waals surface area (Å²) in [6.45, 7) is 1.44. The van der Waals surface area contributed by atoms with Gasteiger partial charge in [0.15, 0.2) is 5.78 Å². The molecule has 2 aromatic rings. The predicted octanol–water partition coefficient (Wildman–Crippen LogP) is 1.98. The fourth-order valence-electron chi connectivity index (χ4n) is 1.92. The molecule has 1 N–H and O–H groups in total. The molecule has 0 unspecified atom stereocenters. The molecule has 0 saturated carbocycles. The van der Waals surface area contributed by atoms with Crippen molar-refractivity contribution < 1.29 is 9.59 Å². The Kier molecular flexibility index (Phi) is 4.72. The summed E-state index contributed by atoms with van der Waals surface area (Å²) in [5.74, 6) is 2.06. The molecule has 1 amide bonds. The van der Waals surface area contributed by atoms with Gasteiger partial charge in [-0.3, -0.25) is 14.9 Å². The van der Waals surface area contributed by atoms with Crippen molar-refractivity contribution in [3.8, 4) is 12.3 Å². The number of hydrogen-bond acceptors (Lipinski definition) is 5. The number of aromatic nitrogens is 2. The summed E-state index contributed by atoms with van der Waals surface area (Å²) < 4.78 is 0. The first-order chi connectivity index (χ1) is 10.9. The first-order valence-corrected chi connectivity index (χ1v) is 6.85. The number of anilines is 2. The van der Waals surface area contributed by atoms with Crippen molar-refractivity contribution in [2.75, 3.05) is 24.3 Å². The van der Waals surface area contributed by atoms with Gasteiger partial charge in [0.05, 0.1) is 11.9 Å². The molecule has 1 heterocycles. The Balaban J connectivity index is 2.26. The van der Waals surface area contributed by atoms with Crippen LogP contribution in [-0.4, -0.2) is 35.8 Å². The number of Topliss-reactive ketones (excluding diaryl/α,β-unsaturated/α-hetero) is 1. The summed E-state index contributed by atoms with van der Waals surface area (Å²) >= 11 is 0. The number of rotatable bonds is 4. The van der Waals surface area contributed by atoms with E-state index in [1.54, 1.807) is 29.3 Å². The van der Waals surface area contributed by atoms with E-state index in [4.69, 9.17) is 6.42 Å². The zero-order valence-electron chi connectivity index (χ0n) is 13.1. The standard InChI is InChI=1S/C17H16N4O2/c1-5-14-15(21(3)4)10-18-17(19-14)20-16(23)13-8-6-7-12(9-13)11(2)22/h1,6-10H,2-4H3,(H,18,19,20,23). The van der Waals surface area contributed by atoms with Gasteiger partial charge in [-0.05, 0) is 25.0 Å². The molecule has 1 aromatic carbocycles. The number of ketones is 1. The van der Waals surface area contributed by atoms with Crippen LogP contribution in [0, 0.1) is 12.3 Å². The average molecular weight is 308 g/mol. The van der Waals surface area contributed by atoms with Gasteiger partial charge in [0, 0.05) is 25.2 Å². The maximum atomic E-state index is 12.2. The molecule has 1 aromatic heterocycles. The van der Waals surface area contributed by atoms with Gasteiger partial charge in [0.1, 0.15) is 5.69 Å². The normalized spacial score (nSPS) is 9.83. The highest BCUT2D eigenvalue weighted by molar-refractivity contribution is 6.05. The molecule has 6 heteroatoms. The minimum absolute atomic E-state index is 0.110. The molecule has 23 heavy (non-hydrogen) atoms. The number of terminal acetylenes is 1. The van der Waals surface area contributed by atoms with Gasteiger partial charge in [0.2, 0.25) is 5.95 Å². The van der Waals surface area contributed by atoms with Gasteiger partial charge < -0.3 is 4.90 Å². The van der Waals surface area contributed by atoms with Crippen LogP contribution in [0.3, 0.4) is 0 Å². The van der Waals surface area contributed by atoms with Gasteiger partial charge in [-0.15, -0.1) is 6.42 Å². The topological polar surface area (TPSA) is 75.2 Å². The molecule has 0 spiro atoms. The van der Waals surface area contributed by atoms with Crippen LogP contribution in [0.1, 0.15) is 33.3 Å². The van der Waals surface area contributed by atoms with Crippen molar-refractivity contribution in [1.29, 1.82) is 0 Å². The summed E-state index contributed by atoms with van der Waals surface area (Å²) in [4.78, 5) is 33.6. The van der Waals surface area contributed by atoms with Crippen LogP contribution in [0.15, 0.2) is 30.5 Å². The minimum atomic E-state index is -0.409. The van der Waals surface area contributed by atoms with Crippen LogP contribution in [0.5, 0.6) is 0 Å². The number of carbonyl (C=O) groups is 2. The van der Waals surface area contributed by atoms with Crippen molar-refractivity contribution in [1.82, 2.24) is 9.97 Å². The van der Waals surface area contributed by atoms with Gasteiger partial charge in [-0.2, -0.15) is 0 Å². The van der Waals surface area contributed by atoms with Crippen LogP contribution in [0.2, 0.25) is 0 Å². The zero-order valence-corrected chi connectivity index (χ0v) is 13.1. The van der Waals surface area contributed by atoms with Crippen LogP contribution >= 0.6 is 0 Å². The Labute approximate surface area is 134 Å². The predicted molar refractivity (Wildman–Crippen MR) is 88.7 cm³/mol. The molecule has 0 atom stereocenters. The van der Waals surface area contributed by atoms with E-state index in [-0.39, 0.29) is 11.7 Å². The molecule has 2 rings (SSSR count). The summed E-state index contributed by atoms with van der Waals surface area (Å²) in [6.07, 6.45) is 6.98. The Morgan fingerprint density at radius 2 is 1.96 bits per heavy atom. The third-order valence-electron chi connectivity index (χ3n) is 3.14. The third-order valence-corrected chi connectivity index (χ3v) is 3.14. The second-order valence-electron chi connectivity index (χ2n) is 5.06. The summed E-state index contributed by atoms with van der Waals surface area (Å²) in [5.41, 5.74) is 1.88. The highest BCUT2D eigenvalue weighted by atomic mass is 16.1. The van der Waals surface area contributed by atoms with Crippen molar-refractivity contribution in [3.05, 3.63) is 47.3 Å². The maximum absolute atomic E-state index is 12.2. The number of carbonyl (C=O) groups excluding carboxylic acids is 2. The number of nitrogens with one attached hydrogen (secondary N) is 1. The molecular weight excluding hydrogens is 292 g/mol. The number of nitrogens with zero attached hydrogens (tertiary/aromatic N) is 3. The van der Waals surface area contributed by atoms with Crippen LogP contribution in [0.4, 0.5) is 11.6 Å². The molecule has 6 nitrogen and oxygen atoms in total. The first kappa shape index (κ1) is 16.2. The average Bonchev–Trinajstić information content (AvgIpc) is 2.54. The van der Waals surface area contributed by atoms with Gasteiger partial charge in [-0.1, -0.05) is 12.1 Å². The largest absolute Gasteiger partial charge is 0.374 e. The van der Waals surface area contributed by atoms with E-state index in [2.05, 4.69) is 21.2 Å². The Bertz CT molecular complexity index is 806. The van der Waals surface area contributed by atoms with Crippen LogP contribution in [0.25, 0.3) is 0 Å². The van der Waals surface area contributed by atoms with E-state index in [0.717, 1.165) is 0 Å². The lowest BCUT2D eigenvalue weighted by atomic mass is 10.1. The van der Waals surface area contributed by atoms with Crippen molar-refractivity contribution in [2.45, 2.75) is 6.92 Å². The Morgan fingerprint density at radius 1 is 1.26 bits per heavy atom. The monoisotopic (exact) mass is 308 g/mol. The number of hydrogen-bond donors (Lipinski definition) is 1. The summed E-state index contributed by atoms with van der Waals surface area (Å²) in [6, 6.07) is 6.43. The van der Waals surface area contributed by atoms with Crippen LogP contribution in [-0.2, 0) is 0 Å². The Hall–Kier alpha value is -3.20. The minimum Gasteiger partial charge on any atom is -0.374 e. The highest BCUT2D eigenvalue weighted by Crippen LogP contribution is 2.16. The summed E-state index contributed by atoms with van der Waals surface area (Å²) in [7, 11) is 3.65. The molecule has 0 aliphatic rings. The fraction of sp³-hybridized carbons (Fsp3) is 0.176. The van der Waals surface area contributed by atoms with Crippen molar-refractivity contribution >= 4 is 23.3 Å². The lowest BCUT2D eigenvalue weighted by molar-refractivity contribution is 0.101. The fourth-order valence-corrected chi connectivity index (χ4v) is 1.92. The van der Waals surface area contributed by atoms with E-state index in [1.807, 2.05) is 14.1 Å². The summed E-state index contributed by atoms with van der Waals surface area (Å²) in [5, 5.41) is 2.58. The van der Waals surface area contributed by atoms with E-state index in [1.165, 1.54) is 13.0 Å². The number of benzene rings is 1. The van der Waals surface area contributed by atoms with Gasteiger partial charge >= 0.3 is 0 Å². The lowest BCUT2D eigenvalue weighted by Gasteiger charge is -2.14. The molecule has 0 aliphatic carbocycles. The van der Waals surface area contributed by atoms with E-state index in [0.29, 0.717) is 22.5 Å². The second-order valence-corrected chi connectivity index (χ2v) is 5.06. The number of amides is 1. The molecule has 0 radical (unpaired) electrons. The molecule has 116 valence electrons. The van der Waals surface area contributed by atoms with E-state index < -0.39 is 5.91 Å². The quantitative estimate of drug-likeness (QED) is 0.690. The highest BCUT2D eigenvalue weighted by Gasteiger charge is 2.12. The maximum Gasteiger partial charge on any atom is 0.258 e. The first-order valence-electron chi connectivity index (χ1n) is 6.85. The van der Waals surface area contributed by atoms with Crippen molar-refractivity contribution in [3.63, 3.8) is 0 Å².